The molecule has 0 aromatic rings. The van der Waals surface area contributed by atoms with Crippen LogP contribution in [0.5, 0.6) is 0 Å². The van der Waals surface area contributed by atoms with Crippen molar-refractivity contribution in [3.05, 3.63) is 0 Å². The lowest BCUT2D eigenvalue weighted by molar-refractivity contribution is -0.134. The molecular formula is C12H24N2O3. The zero-order chi connectivity index (χ0) is 13.4. The molecule has 2 amide bonds. The molecule has 100 valence electrons. The van der Waals surface area contributed by atoms with Crippen molar-refractivity contribution in [2.75, 3.05) is 6.54 Å². The Morgan fingerprint density at radius 3 is 2.29 bits per heavy atom. The largest absolute Gasteiger partial charge is 0.383 e. The lowest BCUT2D eigenvalue weighted by Crippen LogP contribution is -2.44. The molecule has 0 aliphatic rings. The highest BCUT2D eigenvalue weighted by molar-refractivity contribution is 5.86. The van der Waals surface area contributed by atoms with Gasteiger partial charge in [0.15, 0.2) is 0 Å². The number of amides is 2. The van der Waals surface area contributed by atoms with Gasteiger partial charge in [0, 0.05) is 6.04 Å². The lowest BCUT2D eigenvalue weighted by atomic mass is 9.99. The van der Waals surface area contributed by atoms with Crippen LogP contribution in [0.2, 0.25) is 0 Å². The van der Waals surface area contributed by atoms with E-state index < -0.39 is 12.0 Å². The summed E-state index contributed by atoms with van der Waals surface area (Å²) in [5.74, 6) is -0.818. The highest BCUT2D eigenvalue weighted by Crippen LogP contribution is 2.10. The SMILES string of the molecule is CCCC(C)C(O)C(=O)NCC(=O)NC(C)C. The van der Waals surface area contributed by atoms with Gasteiger partial charge < -0.3 is 15.7 Å². The third-order valence-corrected chi connectivity index (χ3v) is 2.42. The van der Waals surface area contributed by atoms with Crippen molar-refractivity contribution in [2.45, 2.75) is 52.7 Å². The quantitative estimate of drug-likeness (QED) is 0.607. The van der Waals surface area contributed by atoms with Crippen LogP contribution in [0.25, 0.3) is 0 Å². The van der Waals surface area contributed by atoms with Gasteiger partial charge in [0.1, 0.15) is 6.10 Å². The van der Waals surface area contributed by atoms with E-state index in [0.717, 1.165) is 12.8 Å². The van der Waals surface area contributed by atoms with Crippen molar-refractivity contribution >= 4 is 11.8 Å². The number of carbonyl (C=O) groups is 2. The molecule has 0 bridgehead atoms. The number of nitrogens with one attached hydrogen (secondary N) is 2. The van der Waals surface area contributed by atoms with Crippen LogP contribution in [0.15, 0.2) is 0 Å². The molecule has 0 aromatic heterocycles. The number of carbonyl (C=O) groups excluding carboxylic acids is 2. The van der Waals surface area contributed by atoms with Gasteiger partial charge >= 0.3 is 0 Å². The molecule has 0 aromatic carbocycles. The van der Waals surface area contributed by atoms with Gasteiger partial charge in [-0.3, -0.25) is 9.59 Å². The summed E-state index contributed by atoms with van der Waals surface area (Å²) in [5.41, 5.74) is 0. The Balaban J connectivity index is 3.96. The van der Waals surface area contributed by atoms with E-state index in [0.29, 0.717) is 0 Å². The summed E-state index contributed by atoms with van der Waals surface area (Å²) in [5, 5.41) is 14.8. The molecule has 0 radical (unpaired) electrons. The molecule has 17 heavy (non-hydrogen) atoms. The fourth-order valence-electron chi connectivity index (χ4n) is 1.52. The molecule has 3 N–H and O–H groups in total. The Kier molecular flexibility index (Phi) is 7.54. The van der Waals surface area contributed by atoms with Gasteiger partial charge in [-0.05, 0) is 26.2 Å². The number of aliphatic hydroxyl groups is 1. The smallest absolute Gasteiger partial charge is 0.249 e. The molecule has 0 heterocycles. The first-order chi connectivity index (χ1) is 7.88. The van der Waals surface area contributed by atoms with Gasteiger partial charge in [-0.25, -0.2) is 0 Å². The van der Waals surface area contributed by atoms with E-state index in [9.17, 15) is 14.7 Å². The maximum absolute atomic E-state index is 11.5. The molecule has 5 heteroatoms. The number of aliphatic hydroxyl groups excluding tert-OH is 1. The summed E-state index contributed by atoms with van der Waals surface area (Å²) >= 11 is 0. The molecule has 0 spiro atoms. The van der Waals surface area contributed by atoms with Crippen molar-refractivity contribution in [1.29, 1.82) is 0 Å². The Bertz CT molecular complexity index is 254. The summed E-state index contributed by atoms with van der Waals surface area (Å²) in [7, 11) is 0. The molecule has 0 aliphatic heterocycles. The van der Waals surface area contributed by atoms with Crippen LogP contribution in [0, 0.1) is 5.92 Å². The van der Waals surface area contributed by atoms with Gasteiger partial charge in [0.2, 0.25) is 11.8 Å². The van der Waals surface area contributed by atoms with Crippen LogP contribution in [0.4, 0.5) is 0 Å². The van der Waals surface area contributed by atoms with Crippen LogP contribution < -0.4 is 10.6 Å². The van der Waals surface area contributed by atoms with Crippen LogP contribution in [0.1, 0.15) is 40.5 Å². The molecule has 0 saturated heterocycles. The monoisotopic (exact) mass is 244 g/mol. The van der Waals surface area contributed by atoms with Crippen molar-refractivity contribution in [2.24, 2.45) is 5.92 Å². The predicted molar refractivity (Wildman–Crippen MR) is 66.4 cm³/mol. The zero-order valence-corrected chi connectivity index (χ0v) is 11.1. The molecule has 0 aliphatic carbocycles. The standard InChI is InChI=1S/C12H24N2O3/c1-5-6-9(4)11(16)12(17)13-7-10(15)14-8(2)3/h8-9,11,16H,5-7H2,1-4H3,(H,13,17)(H,14,15). The molecular weight excluding hydrogens is 220 g/mol. The second-order valence-electron chi connectivity index (χ2n) is 4.65. The third kappa shape index (κ3) is 6.94. The fourth-order valence-corrected chi connectivity index (χ4v) is 1.52. The van der Waals surface area contributed by atoms with Crippen LogP contribution in [-0.2, 0) is 9.59 Å². The van der Waals surface area contributed by atoms with Crippen LogP contribution in [0.3, 0.4) is 0 Å². The molecule has 2 unspecified atom stereocenters. The fraction of sp³-hybridized carbons (Fsp3) is 0.833. The van der Waals surface area contributed by atoms with Crippen molar-refractivity contribution in [3.63, 3.8) is 0 Å². The minimum Gasteiger partial charge on any atom is -0.383 e. The van der Waals surface area contributed by atoms with Crippen LogP contribution in [-0.4, -0.2) is 35.6 Å². The summed E-state index contributed by atoms with van der Waals surface area (Å²) in [6.45, 7) is 7.42. The van der Waals surface area contributed by atoms with Crippen molar-refractivity contribution < 1.29 is 14.7 Å². The minimum absolute atomic E-state index is 0.0448. The van der Waals surface area contributed by atoms with Gasteiger partial charge in [-0.15, -0.1) is 0 Å². The van der Waals surface area contributed by atoms with E-state index in [1.54, 1.807) is 0 Å². The predicted octanol–water partition coefficient (Wildman–Crippen LogP) is 0.424. The first-order valence-electron chi connectivity index (χ1n) is 6.13. The second kappa shape index (κ2) is 8.06. The van der Waals surface area contributed by atoms with E-state index in [2.05, 4.69) is 10.6 Å². The topological polar surface area (TPSA) is 78.4 Å². The lowest BCUT2D eigenvalue weighted by Gasteiger charge is -2.17. The van der Waals surface area contributed by atoms with Crippen molar-refractivity contribution in [1.82, 2.24) is 10.6 Å². The minimum atomic E-state index is -1.04. The summed E-state index contributed by atoms with van der Waals surface area (Å²) in [4.78, 5) is 22.8. The van der Waals surface area contributed by atoms with Gasteiger partial charge in [0.05, 0.1) is 6.54 Å². The van der Waals surface area contributed by atoms with Gasteiger partial charge in [-0.2, -0.15) is 0 Å². The molecule has 0 saturated carbocycles. The normalized spacial score (nSPS) is 14.2. The number of hydrogen-bond acceptors (Lipinski definition) is 3. The Morgan fingerprint density at radius 1 is 1.24 bits per heavy atom. The zero-order valence-electron chi connectivity index (χ0n) is 11.1. The van der Waals surface area contributed by atoms with E-state index in [1.165, 1.54) is 0 Å². The number of hydrogen-bond donors (Lipinski definition) is 3. The van der Waals surface area contributed by atoms with E-state index in [4.69, 9.17) is 0 Å². The van der Waals surface area contributed by atoms with Gasteiger partial charge in [0.25, 0.3) is 0 Å². The molecule has 5 nitrogen and oxygen atoms in total. The van der Waals surface area contributed by atoms with Crippen molar-refractivity contribution in [3.8, 4) is 0 Å². The Labute approximate surface area is 103 Å². The average Bonchev–Trinajstić information content (AvgIpc) is 2.24. The highest BCUT2D eigenvalue weighted by Gasteiger charge is 2.21. The van der Waals surface area contributed by atoms with E-state index in [-0.39, 0.29) is 24.4 Å². The Hall–Kier alpha value is -1.10. The highest BCUT2D eigenvalue weighted by atomic mass is 16.3. The molecule has 2 atom stereocenters. The van der Waals surface area contributed by atoms with Crippen LogP contribution >= 0.6 is 0 Å². The second-order valence-corrected chi connectivity index (χ2v) is 4.65. The number of rotatable bonds is 7. The Morgan fingerprint density at radius 2 is 1.82 bits per heavy atom. The maximum Gasteiger partial charge on any atom is 0.249 e. The third-order valence-electron chi connectivity index (χ3n) is 2.42. The van der Waals surface area contributed by atoms with Gasteiger partial charge in [-0.1, -0.05) is 20.3 Å². The summed E-state index contributed by atoms with van der Waals surface area (Å²) in [6.07, 6.45) is 0.661. The van der Waals surface area contributed by atoms with E-state index in [1.807, 2.05) is 27.7 Å². The maximum atomic E-state index is 11.5. The first-order valence-corrected chi connectivity index (χ1v) is 6.13. The summed E-state index contributed by atoms with van der Waals surface area (Å²) < 4.78 is 0. The van der Waals surface area contributed by atoms with E-state index >= 15 is 0 Å². The first kappa shape index (κ1) is 15.9. The summed E-state index contributed by atoms with van der Waals surface area (Å²) in [6, 6.07) is 0.0448. The molecule has 0 rings (SSSR count). The molecule has 0 fully saturated rings. The average molecular weight is 244 g/mol.